The van der Waals surface area contributed by atoms with Crippen LogP contribution in [0.25, 0.3) is 0 Å². The Balaban J connectivity index is 1.59. The van der Waals surface area contributed by atoms with Gasteiger partial charge in [-0.2, -0.15) is 0 Å². The molecule has 0 spiro atoms. The zero-order valence-electron chi connectivity index (χ0n) is 10.1. The molecule has 2 aliphatic heterocycles. The molecular formula is C13H23NO2. The van der Waals surface area contributed by atoms with Crippen molar-refractivity contribution >= 4 is 0 Å². The van der Waals surface area contributed by atoms with Crippen molar-refractivity contribution in [2.45, 2.75) is 56.8 Å². The fourth-order valence-electron chi connectivity index (χ4n) is 3.45. The number of hydrogen-bond donors (Lipinski definition) is 0. The van der Waals surface area contributed by atoms with E-state index in [9.17, 15) is 0 Å². The third-order valence-corrected chi connectivity index (χ3v) is 4.31. The third kappa shape index (κ3) is 2.27. The molecule has 3 fully saturated rings. The van der Waals surface area contributed by atoms with Crippen molar-refractivity contribution < 1.29 is 9.47 Å². The predicted octanol–water partition coefficient (Wildman–Crippen LogP) is 1.81. The van der Waals surface area contributed by atoms with E-state index in [4.69, 9.17) is 9.47 Å². The fourth-order valence-corrected chi connectivity index (χ4v) is 3.45. The van der Waals surface area contributed by atoms with Gasteiger partial charge < -0.3 is 9.47 Å². The van der Waals surface area contributed by atoms with Gasteiger partial charge in [0.15, 0.2) is 0 Å². The zero-order chi connectivity index (χ0) is 10.8. The van der Waals surface area contributed by atoms with E-state index in [1.54, 1.807) is 0 Å². The molecule has 92 valence electrons. The summed E-state index contributed by atoms with van der Waals surface area (Å²) in [5.41, 5.74) is 0. The summed E-state index contributed by atoms with van der Waals surface area (Å²) in [5.74, 6) is 0. The molecule has 0 bridgehead atoms. The molecule has 3 atom stereocenters. The number of fused-ring (bicyclic) bond motifs is 1. The summed E-state index contributed by atoms with van der Waals surface area (Å²) in [6, 6.07) is 0.687. The van der Waals surface area contributed by atoms with Crippen molar-refractivity contribution in [1.82, 2.24) is 4.90 Å². The van der Waals surface area contributed by atoms with E-state index in [1.165, 1.54) is 38.5 Å². The molecule has 0 aromatic rings. The van der Waals surface area contributed by atoms with Crippen molar-refractivity contribution in [3.8, 4) is 0 Å². The van der Waals surface area contributed by atoms with Gasteiger partial charge in [0, 0.05) is 25.7 Å². The average molecular weight is 225 g/mol. The molecule has 3 aliphatic rings. The van der Waals surface area contributed by atoms with Crippen LogP contribution in [-0.2, 0) is 9.47 Å². The molecular weight excluding hydrogens is 202 g/mol. The van der Waals surface area contributed by atoms with Gasteiger partial charge in [-0.3, -0.25) is 4.90 Å². The van der Waals surface area contributed by atoms with Gasteiger partial charge >= 0.3 is 0 Å². The minimum absolute atomic E-state index is 0.501. The highest BCUT2D eigenvalue weighted by Crippen LogP contribution is 2.29. The summed E-state index contributed by atoms with van der Waals surface area (Å²) in [5, 5.41) is 0. The Bertz CT molecular complexity index is 226. The Morgan fingerprint density at radius 3 is 2.75 bits per heavy atom. The van der Waals surface area contributed by atoms with Crippen LogP contribution in [-0.4, -0.2) is 49.5 Å². The first-order valence-corrected chi connectivity index (χ1v) is 6.91. The van der Waals surface area contributed by atoms with Crippen LogP contribution in [0.5, 0.6) is 0 Å². The van der Waals surface area contributed by atoms with E-state index < -0.39 is 0 Å². The van der Waals surface area contributed by atoms with E-state index in [0.717, 1.165) is 26.3 Å². The van der Waals surface area contributed by atoms with Crippen LogP contribution < -0.4 is 0 Å². The lowest BCUT2D eigenvalue weighted by Crippen LogP contribution is -2.54. The Labute approximate surface area is 98.1 Å². The predicted molar refractivity (Wildman–Crippen MR) is 62.5 cm³/mol. The quantitative estimate of drug-likeness (QED) is 0.715. The molecule has 3 nitrogen and oxygen atoms in total. The second-order valence-corrected chi connectivity index (χ2v) is 5.39. The van der Waals surface area contributed by atoms with E-state index >= 15 is 0 Å². The van der Waals surface area contributed by atoms with Crippen molar-refractivity contribution in [3.05, 3.63) is 0 Å². The van der Waals surface area contributed by atoms with Gasteiger partial charge in [-0.15, -0.1) is 0 Å². The summed E-state index contributed by atoms with van der Waals surface area (Å²) in [4.78, 5) is 2.64. The molecule has 0 aromatic heterocycles. The molecule has 0 unspecified atom stereocenters. The van der Waals surface area contributed by atoms with Crippen LogP contribution >= 0.6 is 0 Å². The van der Waals surface area contributed by atoms with E-state index in [-0.39, 0.29) is 0 Å². The van der Waals surface area contributed by atoms with Crippen LogP contribution in [0, 0.1) is 0 Å². The maximum Gasteiger partial charge on any atom is 0.0730 e. The van der Waals surface area contributed by atoms with Gasteiger partial charge in [-0.05, 0) is 25.7 Å². The lowest BCUT2D eigenvalue weighted by Gasteiger charge is -2.44. The molecule has 3 heteroatoms. The van der Waals surface area contributed by atoms with E-state index in [1.807, 2.05) is 0 Å². The lowest BCUT2D eigenvalue weighted by atomic mass is 9.90. The first kappa shape index (κ1) is 11.0. The van der Waals surface area contributed by atoms with Crippen LogP contribution in [0.1, 0.15) is 38.5 Å². The highest BCUT2D eigenvalue weighted by molar-refractivity contribution is 4.88. The second kappa shape index (κ2) is 5.03. The Kier molecular flexibility index (Phi) is 3.46. The van der Waals surface area contributed by atoms with Crippen LogP contribution in [0.2, 0.25) is 0 Å². The van der Waals surface area contributed by atoms with Crippen LogP contribution in [0.4, 0.5) is 0 Å². The Hall–Kier alpha value is -0.120. The summed E-state index contributed by atoms with van der Waals surface area (Å²) in [6.45, 7) is 4.16. The van der Waals surface area contributed by atoms with Gasteiger partial charge in [0.05, 0.1) is 18.8 Å². The van der Waals surface area contributed by atoms with Gasteiger partial charge in [0.2, 0.25) is 0 Å². The third-order valence-electron chi connectivity index (χ3n) is 4.31. The summed E-state index contributed by atoms with van der Waals surface area (Å²) in [7, 11) is 0. The molecule has 3 rings (SSSR count). The highest BCUT2D eigenvalue weighted by Gasteiger charge is 2.35. The number of ether oxygens (including phenoxy) is 2. The Morgan fingerprint density at radius 1 is 0.938 bits per heavy atom. The number of morpholine rings is 1. The molecule has 0 aromatic carbocycles. The van der Waals surface area contributed by atoms with Gasteiger partial charge in [0.25, 0.3) is 0 Å². The maximum absolute atomic E-state index is 5.89. The maximum atomic E-state index is 5.89. The van der Waals surface area contributed by atoms with Crippen molar-refractivity contribution in [3.63, 3.8) is 0 Å². The average Bonchev–Trinajstić information content (AvgIpc) is 2.82. The number of rotatable bonds is 2. The van der Waals surface area contributed by atoms with Crippen LogP contribution in [0.15, 0.2) is 0 Å². The zero-order valence-corrected chi connectivity index (χ0v) is 10.1. The SMILES string of the molecule is C1CO[C@@H](CN2CCO[C@@H]3CCCC[C@@H]32)C1. The largest absolute Gasteiger partial charge is 0.377 e. The summed E-state index contributed by atoms with van der Waals surface area (Å²) in [6.07, 6.45) is 8.87. The molecule has 1 saturated carbocycles. The smallest absolute Gasteiger partial charge is 0.0730 e. The lowest BCUT2D eigenvalue weighted by molar-refractivity contribution is -0.0983. The molecule has 0 N–H and O–H groups in total. The molecule has 0 amide bonds. The fraction of sp³-hybridized carbons (Fsp3) is 1.00. The molecule has 16 heavy (non-hydrogen) atoms. The number of nitrogens with zero attached hydrogens (tertiary/aromatic N) is 1. The Morgan fingerprint density at radius 2 is 1.88 bits per heavy atom. The van der Waals surface area contributed by atoms with Gasteiger partial charge in [-0.25, -0.2) is 0 Å². The summed E-state index contributed by atoms with van der Waals surface area (Å²) >= 11 is 0. The monoisotopic (exact) mass is 225 g/mol. The van der Waals surface area contributed by atoms with Crippen molar-refractivity contribution in [1.29, 1.82) is 0 Å². The van der Waals surface area contributed by atoms with Gasteiger partial charge in [-0.1, -0.05) is 12.8 Å². The van der Waals surface area contributed by atoms with Gasteiger partial charge in [0.1, 0.15) is 0 Å². The van der Waals surface area contributed by atoms with Crippen LogP contribution in [0.3, 0.4) is 0 Å². The number of hydrogen-bond acceptors (Lipinski definition) is 3. The topological polar surface area (TPSA) is 21.7 Å². The molecule has 2 saturated heterocycles. The highest BCUT2D eigenvalue weighted by atomic mass is 16.5. The first-order valence-electron chi connectivity index (χ1n) is 6.91. The normalized spacial score (nSPS) is 40.9. The summed E-state index contributed by atoms with van der Waals surface area (Å²) < 4.78 is 11.6. The molecule has 1 aliphatic carbocycles. The van der Waals surface area contributed by atoms with E-state index in [2.05, 4.69) is 4.90 Å². The van der Waals surface area contributed by atoms with Crippen molar-refractivity contribution in [2.75, 3.05) is 26.3 Å². The van der Waals surface area contributed by atoms with E-state index in [0.29, 0.717) is 18.2 Å². The van der Waals surface area contributed by atoms with Crippen molar-refractivity contribution in [2.24, 2.45) is 0 Å². The standard InChI is InChI=1S/C13H23NO2/c1-2-6-13-12(5-1)14(7-9-16-13)10-11-4-3-8-15-11/h11-13H,1-10H2/t11-,12+,13-/m1/s1. The molecule has 2 heterocycles. The molecule has 0 radical (unpaired) electrons. The second-order valence-electron chi connectivity index (χ2n) is 5.39. The first-order chi connectivity index (χ1) is 7.93. The minimum atomic E-state index is 0.501. The minimum Gasteiger partial charge on any atom is -0.377 e.